The number of ether oxygens (including phenoxy) is 1. The van der Waals surface area contributed by atoms with Crippen molar-refractivity contribution in [3.63, 3.8) is 0 Å². The van der Waals surface area contributed by atoms with Crippen molar-refractivity contribution in [3.8, 4) is 0 Å². The fourth-order valence-corrected chi connectivity index (χ4v) is 2.94. The van der Waals surface area contributed by atoms with E-state index in [1.165, 1.54) is 5.57 Å². The molecule has 36 heavy (non-hydrogen) atoms. The minimum atomic E-state index is 0.149. The van der Waals surface area contributed by atoms with Crippen molar-refractivity contribution in [1.29, 1.82) is 0 Å². The van der Waals surface area contributed by atoms with E-state index < -0.39 is 0 Å². The van der Waals surface area contributed by atoms with Gasteiger partial charge in [0.25, 0.3) is 0 Å². The molecule has 0 saturated heterocycles. The van der Waals surface area contributed by atoms with Gasteiger partial charge in [0.2, 0.25) is 0 Å². The van der Waals surface area contributed by atoms with E-state index in [0.717, 1.165) is 27.6 Å². The van der Waals surface area contributed by atoms with Crippen LogP contribution < -0.4 is 11.1 Å². The van der Waals surface area contributed by atoms with Crippen LogP contribution in [0.4, 0.5) is 0 Å². The van der Waals surface area contributed by atoms with Gasteiger partial charge in [0.15, 0.2) is 5.96 Å². The number of nitrogens with two attached hydrogens (primary N) is 1. The van der Waals surface area contributed by atoms with E-state index in [4.69, 9.17) is 10.5 Å². The summed E-state index contributed by atoms with van der Waals surface area (Å²) in [6.07, 6.45) is 24.7. The summed E-state index contributed by atoms with van der Waals surface area (Å²) in [6.45, 7) is 20.0. The van der Waals surface area contributed by atoms with Gasteiger partial charge in [-0.2, -0.15) is 0 Å². The Morgan fingerprint density at radius 1 is 1.06 bits per heavy atom. The smallest absolute Gasteiger partial charge is 0.192 e. The number of nitrogens with one attached hydrogen (secondary N) is 1. The lowest BCUT2D eigenvalue weighted by molar-refractivity contribution is 0.338. The van der Waals surface area contributed by atoms with Gasteiger partial charge in [-0.15, -0.1) is 0 Å². The molecule has 0 aliphatic rings. The van der Waals surface area contributed by atoms with E-state index in [2.05, 4.69) is 83.1 Å². The standard InChI is InChI=1S/C27H38BrN3O.2C2H6/c1-8-10-15-24(22(4)23(5)28)16-11-12-18-26(21(3)20-31-27(29)30-6)25(14-9-2)17-13-19-32-7;2*1-2/h8-17,19-20,26H,1,18H2,2-7H3,(H3,29,30,31);2*1-2H3/b12-11+,14-9-,15-10-,19-13+,21-20+,23-22+,24-16-,25-17+;;. The second-order valence-corrected chi connectivity index (χ2v) is 8.15. The molecule has 0 aliphatic heterocycles. The number of methoxy groups -OCH3 is 1. The number of aliphatic imine (C=N–C) groups is 1. The molecule has 0 bridgehead atoms. The van der Waals surface area contributed by atoms with Crippen molar-refractivity contribution in [1.82, 2.24) is 5.32 Å². The molecule has 4 nitrogen and oxygen atoms in total. The molecule has 0 aromatic heterocycles. The van der Waals surface area contributed by atoms with Crippen LogP contribution >= 0.6 is 15.9 Å². The third-order valence-corrected chi connectivity index (χ3v) is 5.24. The van der Waals surface area contributed by atoms with Crippen molar-refractivity contribution >= 4 is 21.9 Å². The van der Waals surface area contributed by atoms with Crippen LogP contribution in [0.2, 0.25) is 0 Å². The Morgan fingerprint density at radius 2 is 1.69 bits per heavy atom. The summed E-state index contributed by atoms with van der Waals surface area (Å²) in [6, 6.07) is 0. The van der Waals surface area contributed by atoms with Crippen LogP contribution in [0.25, 0.3) is 0 Å². The summed E-state index contributed by atoms with van der Waals surface area (Å²) in [5.41, 5.74) is 10.4. The second-order valence-electron chi connectivity index (χ2n) is 6.96. The van der Waals surface area contributed by atoms with Gasteiger partial charge in [-0.1, -0.05) is 105 Å². The lowest BCUT2D eigenvalue weighted by Crippen LogP contribution is -2.27. The first-order valence-corrected chi connectivity index (χ1v) is 13.3. The van der Waals surface area contributed by atoms with Gasteiger partial charge in [0.05, 0.1) is 13.4 Å². The highest BCUT2D eigenvalue weighted by atomic mass is 79.9. The van der Waals surface area contributed by atoms with Crippen molar-refractivity contribution in [2.45, 2.75) is 61.8 Å². The molecule has 0 aromatic carbocycles. The topological polar surface area (TPSA) is 59.6 Å². The largest absolute Gasteiger partial charge is 0.504 e. The zero-order chi connectivity index (χ0) is 28.4. The molecule has 3 N–H and O–H groups in total. The maximum Gasteiger partial charge on any atom is 0.192 e. The lowest BCUT2D eigenvalue weighted by atomic mass is 9.88. The van der Waals surface area contributed by atoms with E-state index in [0.29, 0.717) is 5.96 Å². The number of halogens is 1. The normalized spacial score (nSPS) is 14.9. The minimum absolute atomic E-state index is 0.149. The third-order valence-electron chi connectivity index (χ3n) is 4.65. The fraction of sp³-hybridized carbons (Fsp3) is 0.387. The Morgan fingerprint density at radius 3 is 2.19 bits per heavy atom. The summed E-state index contributed by atoms with van der Waals surface area (Å²) in [4.78, 5) is 3.95. The quantitative estimate of drug-likeness (QED) is 0.108. The predicted molar refractivity (Wildman–Crippen MR) is 168 cm³/mol. The van der Waals surface area contributed by atoms with Gasteiger partial charge < -0.3 is 15.8 Å². The van der Waals surface area contributed by atoms with E-state index in [1.807, 2.05) is 66.0 Å². The summed E-state index contributed by atoms with van der Waals surface area (Å²) in [5.74, 6) is 0.527. The van der Waals surface area contributed by atoms with E-state index >= 15 is 0 Å². The van der Waals surface area contributed by atoms with Crippen LogP contribution in [-0.4, -0.2) is 20.1 Å². The van der Waals surface area contributed by atoms with Gasteiger partial charge in [-0.25, -0.2) is 0 Å². The summed E-state index contributed by atoms with van der Waals surface area (Å²) >= 11 is 3.57. The first kappa shape index (κ1) is 37.8. The van der Waals surface area contributed by atoms with Gasteiger partial charge >= 0.3 is 0 Å². The highest BCUT2D eigenvalue weighted by Crippen LogP contribution is 2.26. The zero-order valence-corrected chi connectivity index (χ0v) is 25.8. The average Bonchev–Trinajstić information content (AvgIpc) is 2.90. The average molecular weight is 561 g/mol. The van der Waals surface area contributed by atoms with Crippen molar-refractivity contribution < 1.29 is 4.74 Å². The minimum Gasteiger partial charge on any atom is -0.504 e. The number of rotatable bonds is 12. The van der Waals surface area contributed by atoms with Crippen LogP contribution in [0.3, 0.4) is 0 Å². The Labute approximate surface area is 230 Å². The first-order valence-electron chi connectivity index (χ1n) is 12.5. The Hall–Kier alpha value is -2.79. The van der Waals surface area contributed by atoms with Gasteiger partial charge in [-0.3, -0.25) is 4.99 Å². The van der Waals surface area contributed by atoms with Crippen LogP contribution in [-0.2, 0) is 4.74 Å². The van der Waals surface area contributed by atoms with Gasteiger partial charge in [-0.05, 0) is 67.0 Å². The Kier molecular flexibility index (Phi) is 28.1. The number of guanidine groups is 1. The highest BCUT2D eigenvalue weighted by Gasteiger charge is 2.13. The molecule has 0 saturated carbocycles. The van der Waals surface area contributed by atoms with Crippen molar-refractivity contribution in [3.05, 3.63) is 107 Å². The molecule has 0 spiro atoms. The molecule has 5 heteroatoms. The molecule has 0 aromatic rings. The lowest BCUT2D eigenvalue weighted by Gasteiger charge is -2.18. The van der Waals surface area contributed by atoms with Crippen molar-refractivity contribution in [2.24, 2.45) is 16.6 Å². The van der Waals surface area contributed by atoms with E-state index in [-0.39, 0.29) is 5.92 Å². The molecular weight excluding hydrogens is 510 g/mol. The highest BCUT2D eigenvalue weighted by molar-refractivity contribution is 9.11. The maximum atomic E-state index is 5.80. The van der Waals surface area contributed by atoms with Crippen LogP contribution in [0.15, 0.2) is 112 Å². The van der Waals surface area contributed by atoms with Crippen LogP contribution in [0.5, 0.6) is 0 Å². The number of hydrogen-bond acceptors (Lipinski definition) is 2. The second kappa shape index (κ2) is 26.8. The molecule has 1 unspecified atom stereocenters. The Balaban J connectivity index is -0.00000258. The fourth-order valence-electron chi connectivity index (χ4n) is 2.71. The first-order chi connectivity index (χ1) is 17.3. The molecule has 0 amide bonds. The summed E-state index contributed by atoms with van der Waals surface area (Å²) < 4.78 is 6.15. The molecule has 1 atom stereocenters. The number of hydrogen-bond donors (Lipinski definition) is 2. The van der Waals surface area contributed by atoms with E-state index in [9.17, 15) is 0 Å². The van der Waals surface area contributed by atoms with Gasteiger partial charge in [0.1, 0.15) is 0 Å². The van der Waals surface area contributed by atoms with Crippen molar-refractivity contribution in [2.75, 3.05) is 14.2 Å². The molecule has 202 valence electrons. The van der Waals surface area contributed by atoms with Gasteiger partial charge in [0, 0.05) is 19.2 Å². The number of allylic oxidation sites excluding steroid dienone is 15. The molecule has 0 fully saturated rings. The van der Waals surface area contributed by atoms with Crippen LogP contribution in [0.1, 0.15) is 61.8 Å². The predicted octanol–water partition coefficient (Wildman–Crippen LogP) is 9.06. The summed E-state index contributed by atoms with van der Waals surface area (Å²) in [5, 5.41) is 3.04. The van der Waals surface area contributed by atoms with Crippen LogP contribution in [0, 0.1) is 5.92 Å². The number of nitrogens with zero attached hydrogens (tertiary/aromatic N) is 1. The molecule has 0 radical (unpaired) electrons. The molecular formula is C31H50BrN3O. The molecule has 0 heterocycles. The SMILES string of the molecule is C=C\C=C/C(=C/C=C/CC(/C(C)=C/NC(N)=NC)C(/C=C\C)=C/C=C/OC)C(/C)=C(\C)Br.CC.CC. The summed E-state index contributed by atoms with van der Waals surface area (Å²) in [7, 11) is 3.29. The zero-order valence-electron chi connectivity index (χ0n) is 24.2. The molecule has 0 aliphatic carbocycles. The maximum absolute atomic E-state index is 5.80. The Bertz CT molecular complexity index is 862. The molecule has 0 rings (SSSR count). The van der Waals surface area contributed by atoms with E-state index in [1.54, 1.807) is 26.5 Å². The monoisotopic (exact) mass is 559 g/mol. The third kappa shape index (κ3) is 18.5.